The minimum atomic E-state index is -3.73. The third-order valence-corrected chi connectivity index (χ3v) is 9.51. The monoisotopic (exact) mass is 517 g/mol. The fourth-order valence-electron chi connectivity index (χ4n) is 5.58. The van der Waals surface area contributed by atoms with E-state index in [1.807, 2.05) is 36.1 Å². The summed E-state index contributed by atoms with van der Waals surface area (Å²) in [5, 5.41) is 0. The predicted octanol–water partition coefficient (Wildman–Crippen LogP) is 4.47. The minimum Gasteiger partial charge on any atom is -0.339 e. The SMILES string of the molecule is Cc1ccc(S(=O)(=O)N2CCCCC2C(=O)N2CCN(C(c3ccccc3)c3ccccc3)CC2)cc1. The van der Waals surface area contributed by atoms with Gasteiger partial charge in [0, 0.05) is 32.7 Å². The molecule has 1 unspecified atom stereocenters. The molecule has 7 heteroatoms. The van der Waals surface area contributed by atoms with Gasteiger partial charge in [0.15, 0.2) is 0 Å². The van der Waals surface area contributed by atoms with Gasteiger partial charge in [0.2, 0.25) is 15.9 Å². The first-order valence-electron chi connectivity index (χ1n) is 13.2. The molecule has 0 saturated carbocycles. The van der Waals surface area contributed by atoms with E-state index in [-0.39, 0.29) is 16.8 Å². The Morgan fingerprint density at radius 3 is 1.89 bits per heavy atom. The Kier molecular flexibility index (Phi) is 7.74. The summed E-state index contributed by atoms with van der Waals surface area (Å²) in [5.74, 6) is -0.0639. The summed E-state index contributed by atoms with van der Waals surface area (Å²) in [7, 11) is -3.73. The molecule has 1 amide bonds. The van der Waals surface area contributed by atoms with Crippen LogP contribution >= 0.6 is 0 Å². The number of piperazine rings is 1. The Morgan fingerprint density at radius 2 is 1.32 bits per heavy atom. The van der Waals surface area contributed by atoms with Crippen LogP contribution in [0.5, 0.6) is 0 Å². The molecule has 3 aromatic rings. The number of aryl methyl sites for hydroxylation is 1. The highest BCUT2D eigenvalue weighted by atomic mass is 32.2. The van der Waals surface area contributed by atoms with Crippen molar-refractivity contribution in [3.63, 3.8) is 0 Å². The summed E-state index contributed by atoms with van der Waals surface area (Å²) < 4.78 is 28.4. The molecule has 0 N–H and O–H groups in total. The number of benzene rings is 3. The molecule has 194 valence electrons. The van der Waals surface area contributed by atoms with Gasteiger partial charge in [0.05, 0.1) is 10.9 Å². The van der Waals surface area contributed by atoms with Crippen LogP contribution in [0.25, 0.3) is 0 Å². The summed E-state index contributed by atoms with van der Waals surface area (Å²) in [6, 6.07) is 27.4. The van der Waals surface area contributed by atoms with Crippen LogP contribution in [0.1, 0.15) is 42.0 Å². The normalized spacial score (nSPS) is 19.7. The van der Waals surface area contributed by atoms with E-state index >= 15 is 0 Å². The van der Waals surface area contributed by atoms with Crippen LogP contribution in [0.3, 0.4) is 0 Å². The summed E-state index contributed by atoms with van der Waals surface area (Å²) in [6.45, 7) is 4.96. The lowest BCUT2D eigenvalue weighted by Gasteiger charge is -2.42. The van der Waals surface area contributed by atoms with Gasteiger partial charge in [-0.3, -0.25) is 9.69 Å². The summed E-state index contributed by atoms with van der Waals surface area (Å²) in [6.07, 6.45) is 2.21. The number of piperidine rings is 1. The van der Waals surface area contributed by atoms with Crippen molar-refractivity contribution >= 4 is 15.9 Å². The first-order chi connectivity index (χ1) is 17.9. The van der Waals surface area contributed by atoms with Crippen LogP contribution in [0.2, 0.25) is 0 Å². The van der Waals surface area contributed by atoms with Gasteiger partial charge in [-0.25, -0.2) is 8.42 Å². The largest absolute Gasteiger partial charge is 0.339 e. The summed E-state index contributed by atoms with van der Waals surface area (Å²) in [5.41, 5.74) is 3.47. The first kappa shape index (κ1) is 25.6. The van der Waals surface area contributed by atoms with Gasteiger partial charge in [-0.15, -0.1) is 0 Å². The number of sulfonamides is 1. The van der Waals surface area contributed by atoms with Crippen LogP contribution in [0, 0.1) is 6.92 Å². The lowest BCUT2D eigenvalue weighted by molar-refractivity contribution is -0.138. The quantitative estimate of drug-likeness (QED) is 0.484. The van der Waals surface area contributed by atoms with Gasteiger partial charge in [-0.1, -0.05) is 84.8 Å². The second-order valence-electron chi connectivity index (χ2n) is 10.0. The fraction of sp³-hybridized carbons (Fsp3) is 0.367. The molecule has 0 spiro atoms. The van der Waals surface area contributed by atoms with E-state index in [9.17, 15) is 13.2 Å². The van der Waals surface area contributed by atoms with Crippen LogP contribution in [0.15, 0.2) is 89.8 Å². The first-order valence-corrected chi connectivity index (χ1v) is 14.6. The molecule has 0 aliphatic carbocycles. The van der Waals surface area contributed by atoms with E-state index in [4.69, 9.17) is 0 Å². The highest BCUT2D eigenvalue weighted by Gasteiger charge is 2.40. The molecule has 2 heterocycles. The van der Waals surface area contributed by atoms with E-state index in [0.717, 1.165) is 31.5 Å². The predicted molar refractivity (Wildman–Crippen MR) is 146 cm³/mol. The van der Waals surface area contributed by atoms with Crippen LogP contribution in [-0.4, -0.2) is 67.2 Å². The molecule has 37 heavy (non-hydrogen) atoms. The summed E-state index contributed by atoms with van der Waals surface area (Å²) >= 11 is 0. The standard InChI is InChI=1S/C30H35N3O3S/c1-24-15-17-27(18-16-24)37(35,36)33-19-9-8-14-28(33)30(34)32-22-20-31(21-23-32)29(25-10-4-2-5-11-25)26-12-6-3-7-13-26/h2-7,10-13,15-18,28-29H,8-9,14,19-23H2,1H3. The molecule has 0 aromatic heterocycles. The molecule has 1 atom stereocenters. The molecular weight excluding hydrogens is 482 g/mol. The average Bonchev–Trinajstić information content (AvgIpc) is 2.95. The van der Waals surface area contributed by atoms with Crippen LogP contribution in [-0.2, 0) is 14.8 Å². The van der Waals surface area contributed by atoms with Crippen LogP contribution in [0.4, 0.5) is 0 Å². The fourth-order valence-corrected chi connectivity index (χ4v) is 7.23. The third-order valence-electron chi connectivity index (χ3n) is 7.59. The van der Waals surface area contributed by atoms with E-state index in [2.05, 4.69) is 53.4 Å². The van der Waals surface area contributed by atoms with Gasteiger partial charge in [0.1, 0.15) is 6.04 Å². The highest BCUT2D eigenvalue weighted by molar-refractivity contribution is 7.89. The van der Waals surface area contributed by atoms with Crippen LogP contribution < -0.4 is 0 Å². The van der Waals surface area contributed by atoms with Crippen molar-refractivity contribution in [2.24, 2.45) is 0 Å². The number of carbonyl (C=O) groups is 1. The topological polar surface area (TPSA) is 60.9 Å². The Balaban J connectivity index is 1.32. The molecule has 2 aliphatic heterocycles. The molecule has 3 aromatic carbocycles. The second-order valence-corrected chi connectivity index (χ2v) is 11.9. The van der Waals surface area contributed by atoms with Crippen molar-refractivity contribution < 1.29 is 13.2 Å². The Hall–Kier alpha value is -3.00. The number of nitrogens with zero attached hydrogens (tertiary/aromatic N) is 3. The lowest BCUT2D eigenvalue weighted by atomic mass is 9.96. The van der Waals surface area contributed by atoms with Gasteiger partial charge in [-0.05, 0) is 43.0 Å². The van der Waals surface area contributed by atoms with Crippen molar-refractivity contribution in [3.8, 4) is 0 Å². The zero-order valence-electron chi connectivity index (χ0n) is 21.4. The van der Waals surface area contributed by atoms with E-state index < -0.39 is 16.1 Å². The maximum Gasteiger partial charge on any atom is 0.243 e. The Labute approximate surface area is 220 Å². The van der Waals surface area contributed by atoms with E-state index in [1.165, 1.54) is 15.4 Å². The smallest absolute Gasteiger partial charge is 0.243 e. The zero-order valence-corrected chi connectivity index (χ0v) is 22.2. The molecule has 0 bridgehead atoms. The number of amides is 1. The summed E-state index contributed by atoms with van der Waals surface area (Å²) in [4.78, 5) is 18.3. The number of hydrogen-bond donors (Lipinski definition) is 0. The molecular formula is C30H35N3O3S. The van der Waals surface area contributed by atoms with E-state index in [0.29, 0.717) is 26.1 Å². The van der Waals surface area contributed by atoms with Crippen molar-refractivity contribution in [3.05, 3.63) is 102 Å². The molecule has 2 fully saturated rings. The van der Waals surface area contributed by atoms with Crippen molar-refractivity contribution in [2.45, 2.75) is 43.2 Å². The number of carbonyl (C=O) groups excluding carboxylic acids is 1. The molecule has 6 nitrogen and oxygen atoms in total. The highest BCUT2D eigenvalue weighted by Crippen LogP contribution is 2.31. The maximum atomic E-state index is 13.7. The van der Waals surface area contributed by atoms with Crippen molar-refractivity contribution in [1.29, 1.82) is 0 Å². The molecule has 0 radical (unpaired) electrons. The van der Waals surface area contributed by atoms with Gasteiger partial charge >= 0.3 is 0 Å². The van der Waals surface area contributed by atoms with Gasteiger partial charge < -0.3 is 4.90 Å². The Bertz CT molecular complexity index is 1250. The van der Waals surface area contributed by atoms with Gasteiger partial charge in [0.25, 0.3) is 0 Å². The zero-order chi connectivity index (χ0) is 25.8. The van der Waals surface area contributed by atoms with Crippen molar-refractivity contribution in [1.82, 2.24) is 14.1 Å². The maximum absolute atomic E-state index is 13.7. The van der Waals surface area contributed by atoms with Gasteiger partial charge in [-0.2, -0.15) is 4.31 Å². The second kappa shape index (κ2) is 11.2. The molecule has 2 aliphatic rings. The molecule has 2 saturated heterocycles. The van der Waals surface area contributed by atoms with Crippen molar-refractivity contribution in [2.75, 3.05) is 32.7 Å². The minimum absolute atomic E-state index is 0.0639. The molecule has 5 rings (SSSR count). The number of hydrogen-bond acceptors (Lipinski definition) is 4. The Morgan fingerprint density at radius 1 is 0.757 bits per heavy atom. The lowest BCUT2D eigenvalue weighted by Crippen LogP contribution is -2.57. The number of rotatable bonds is 6. The average molecular weight is 518 g/mol. The third kappa shape index (κ3) is 5.49. The van der Waals surface area contributed by atoms with E-state index in [1.54, 1.807) is 12.1 Å².